The largest absolute Gasteiger partial charge is 0.363 e. The third-order valence-corrected chi connectivity index (χ3v) is 7.34. The molecule has 0 spiro atoms. The van der Waals surface area contributed by atoms with Crippen molar-refractivity contribution in [1.29, 1.82) is 0 Å². The molecule has 0 radical (unpaired) electrons. The van der Waals surface area contributed by atoms with E-state index in [9.17, 15) is 19.2 Å². The topological polar surface area (TPSA) is 122 Å². The van der Waals surface area contributed by atoms with Gasteiger partial charge in [-0.15, -0.1) is 0 Å². The number of likely N-dealkylation sites (tertiary alicyclic amines) is 1. The normalized spacial score (nSPS) is 29.0. The Morgan fingerprint density at radius 2 is 1.80 bits per heavy atom. The van der Waals surface area contributed by atoms with Crippen LogP contribution in [0.3, 0.4) is 0 Å². The summed E-state index contributed by atoms with van der Waals surface area (Å²) in [6.45, 7) is 10.3. The van der Waals surface area contributed by atoms with E-state index in [1.807, 2.05) is 20.8 Å². The van der Waals surface area contributed by atoms with Crippen LogP contribution in [0.4, 0.5) is 0 Å². The number of nitrogens with one attached hydrogen (secondary N) is 2. The van der Waals surface area contributed by atoms with Crippen molar-refractivity contribution >= 4 is 35.3 Å². The van der Waals surface area contributed by atoms with Gasteiger partial charge in [0.1, 0.15) is 12.1 Å². The number of nitrogens with zero attached hydrogens (tertiary/aromatic N) is 1. The van der Waals surface area contributed by atoms with Gasteiger partial charge in [0.2, 0.25) is 17.6 Å². The molecule has 1 saturated heterocycles. The van der Waals surface area contributed by atoms with Crippen LogP contribution in [0.2, 0.25) is 0 Å². The lowest BCUT2D eigenvalue weighted by molar-refractivity contribution is -0.145. The molecule has 1 heterocycles. The maximum atomic E-state index is 13.3. The van der Waals surface area contributed by atoms with Crippen LogP contribution in [0.1, 0.15) is 53.9 Å². The van der Waals surface area contributed by atoms with Gasteiger partial charge in [-0.2, -0.15) is 0 Å². The van der Waals surface area contributed by atoms with Gasteiger partial charge in [-0.25, -0.2) is 4.84 Å². The van der Waals surface area contributed by atoms with E-state index in [0.717, 1.165) is 12.8 Å². The summed E-state index contributed by atoms with van der Waals surface area (Å²) in [7, 11) is 0. The number of fused-ring (bicyclic) bond motifs is 1. The number of hydrogen-bond acceptors (Lipinski definition) is 5. The van der Waals surface area contributed by atoms with Crippen LogP contribution in [0, 0.1) is 28.6 Å². The molecule has 1 aliphatic heterocycles. The van der Waals surface area contributed by atoms with E-state index in [1.54, 1.807) is 4.90 Å². The third-order valence-electron chi connectivity index (χ3n) is 7.12. The number of rotatable bonds is 8. The van der Waals surface area contributed by atoms with Crippen molar-refractivity contribution in [2.24, 2.45) is 34.3 Å². The molecule has 2 aliphatic carbocycles. The maximum absolute atomic E-state index is 13.3. The lowest BCUT2D eigenvalue weighted by Crippen LogP contribution is -2.59. The fraction of sp³-hybridized carbons (Fsp3) is 0.810. The summed E-state index contributed by atoms with van der Waals surface area (Å²) in [5.74, 6) is -1.94. The molecule has 30 heavy (non-hydrogen) atoms. The van der Waals surface area contributed by atoms with E-state index >= 15 is 0 Å². The van der Waals surface area contributed by atoms with E-state index in [1.165, 1.54) is 0 Å². The van der Waals surface area contributed by atoms with Crippen molar-refractivity contribution < 1.29 is 19.2 Å². The Hall–Kier alpha value is -1.67. The summed E-state index contributed by atoms with van der Waals surface area (Å²) in [5, 5.41) is 2.75. The first kappa shape index (κ1) is 23.0. The van der Waals surface area contributed by atoms with E-state index in [2.05, 4.69) is 24.0 Å². The lowest BCUT2D eigenvalue weighted by Gasteiger charge is -2.36. The molecule has 3 unspecified atom stereocenters. The molecule has 3 fully saturated rings. The van der Waals surface area contributed by atoms with Gasteiger partial charge in [-0.3, -0.25) is 19.2 Å². The Balaban J connectivity index is 1.81. The minimum Gasteiger partial charge on any atom is -0.363 e. The molecule has 0 aromatic rings. The summed E-state index contributed by atoms with van der Waals surface area (Å²) in [6, 6.07) is -2.30. The first-order valence-electron chi connectivity index (χ1n) is 10.6. The number of carbonyl (C=O) groups is 4. The molecule has 5 atom stereocenters. The minimum atomic E-state index is -1.05. The van der Waals surface area contributed by atoms with E-state index in [4.69, 9.17) is 17.5 Å². The molecule has 3 rings (SSSR count). The number of halogens is 1. The van der Waals surface area contributed by atoms with Crippen LogP contribution < -0.4 is 15.9 Å². The summed E-state index contributed by atoms with van der Waals surface area (Å²) in [4.78, 5) is 54.5. The van der Waals surface area contributed by atoms with Gasteiger partial charge in [0, 0.05) is 6.54 Å². The minimum absolute atomic E-state index is 0.00245. The van der Waals surface area contributed by atoms with E-state index < -0.39 is 41.1 Å². The van der Waals surface area contributed by atoms with Crippen molar-refractivity contribution in [3.8, 4) is 0 Å². The van der Waals surface area contributed by atoms with Crippen LogP contribution >= 0.6 is 11.8 Å². The lowest BCUT2D eigenvalue weighted by atomic mass is 9.86. The molecular weight excluding hydrogens is 408 g/mol. The molecule has 9 heteroatoms. The smallest absolute Gasteiger partial charge is 0.287 e. The molecule has 2 saturated carbocycles. The number of ketones is 1. The Kier molecular flexibility index (Phi) is 5.97. The Labute approximate surface area is 182 Å². The van der Waals surface area contributed by atoms with Crippen LogP contribution in [-0.4, -0.2) is 53.1 Å². The fourth-order valence-corrected chi connectivity index (χ4v) is 5.33. The molecule has 0 bridgehead atoms. The Morgan fingerprint density at radius 3 is 2.27 bits per heavy atom. The summed E-state index contributed by atoms with van der Waals surface area (Å²) >= 11 is 5.89. The summed E-state index contributed by atoms with van der Waals surface area (Å²) in [5.41, 5.74) is 4.68. The summed E-state index contributed by atoms with van der Waals surface area (Å²) < 4.78 is 0. The van der Waals surface area contributed by atoms with Gasteiger partial charge in [0.25, 0.3) is 5.91 Å². The van der Waals surface area contributed by atoms with Gasteiger partial charge in [0.15, 0.2) is 0 Å². The second-order valence-corrected chi connectivity index (χ2v) is 11.0. The number of carbonyl (C=O) groups excluding carboxylic acids is 4. The molecule has 4 N–H and O–H groups in total. The molecule has 3 amide bonds. The van der Waals surface area contributed by atoms with Crippen molar-refractivity contribution in [2.75, 3.05) is 6.54 Å². The molecule has 3 aliphatic rings. The third kappa shape index (κ3) is 4.21. The first-order valence-corrected chi connectivity index (χ1v) is 11.0. The van der Waals surface area contributed by atoms with Gasteiger partial charge in [-0.1, -0.05) is 47.5 Å². The fourth-order valence-electron chi connectivity index (χ4n) is 4.91. The van der Waals surface area contributed by atoms with Crippen LogP contribution in [0.5, 0.6) is 0 Å². The number of piperidine rings is 1. The van der Waals surface area contributed by atoms with E-state index in [-0.39, 0.29) is 23.2 Å². The summed E-state index contributed by atoms with van der Waals surface area (Å²) in [6.07, 6.45) is 2.34. The van der Waals surface area contributed by atoms with Gasteiger partial charge >= 0.3 is 0 Å². The van der Waals surface area contributed by atoms with E-state index in [0.29, 0.717) is 18.9 Å². The number of amides is 3. The van der Waals surface area contributed by atoms with Crippen molar-refractivity contribution in [1.82, 2.24) is 15.1 Å². The number of nitrogens with two attached hydrogens (primary N) is 1. The standard InChI is InChI=1S/C21H33ClN4O4/c1-20(2,3)16(25-22)19(30)26-9-11-13(21(11,4)5)14(26)18(29)24-12(8-10-6-7-10)15(27)17(23)28/h10-14,16,25H,6-9H2,1-5H3,(H2,23,28)(H,24,29)/t11-,12?,13?,14-,16?/m0/s1. The van der Waals surface area contributed by atoms with Gasteiger partial charge in [-0.05, 0) is 46.8 Å². The Bertz CT molecular complexity index is 759. The second-order valence-electron chi connectivity index (χ2n) is 10.8. The second kappa shape index (κ2) is 7.79. The molecule has 8 nitrogen and oxygen atoms in total. The number of primary amides is 1. The highest BCUT2D eigenvalue weighted by Crippen LogP contribution is 2.65. The zero-order chi connectivity index (χ0) is 22.6. The highest BCUT2D eigenvalue weighted by Gasteiger charge is 2.69. The highest BCUT2D eigenvalue weighted by atomic mass is 35.5. The number of Topliss-reactive ketones (excluding diaryl/α,β-unsaturated/α-hetero) is 1. The predicted molar refractivity (Wildman–Crippen MR) is 112 cm³/mol. The van der Waals surface area contributed by atoms with Crippen molar-refractivity contribution in [2.45, 2.75) is 72.0 Å². The van der Waals surface area contributed by atoms with Gasteiger partial charge < -0.3 is 16.0 Å². The van der Waals surface area contributed by atoms with Crippen LogP contribution in [0.15, 0.2) is 0 Å². The zero-order valence-corrected chi connectivity index (χ0v) is 19.1. The molecule has 0 aromatic heterocycles. The van der Waals surface area contributed by atoms with Crippen molar-refractivity contribution in [3.05, 3.63) is 0 Å². The van der Waals surface area contributed by atoms with Gasteiger partial charge in [0.05, 0.1) is 6.04 Å². The molecule has 0 aromatic carbocycles. The Morgan fingerprint density at radius 1 is 1.20 bits per heavy atom. The molecule has 168 valence electrons. The average Bonchev–Trinajstić information content (AvgIpc) is 3.46. The first-order chi connectivity index (χ1) is 13.8. The predicted octanol–water partition coefficient (Wildman–Crippen LogP) is 0.967. The maximum Gasteiger partial charge on any atom is 0.287 e. The monoisotopic (exact) mass is 440 g/mol. The average molecular weight is 441 g/mol. The SMILES string of the molecule is CC(C)(C)C(NCl)C(=O)N1C[C@H]2C([C@H]1C(=O)NC(CC1CC1)C(=O)C(N)=O)C2(C)C. The quantitative estimate of drug-likeness (QED) is 0.383. The van der Waals surface area contributed by atoms with Crippen LogP contribution in [-0.2, 0) is 19.2 Å². The number of hydrogen-bond donors (Lipinski definition) is 3. The van der Waals surface area contributed by atoms with Crippen LogP contribution in [0.25, 0.3) is 0 Å². The highest BCUT2D eigenvalue weighted by molar-refractivity contribution is 6.37. The molecular formula is C21H33ClN4O4. The zero-order valence-electron chi connectivity index (χ0n) is 18.3. The van der Waals surface area contributed by atoms with Crippen molar-refractivity contribution in [3.63, 3.8) is 0 Å².